The number of aryl methyl sites for hydroxylation is 1. The molecule has 3 rings (SSSR count). The first kappa shape index (κ1) is 21.2. The highest BCUT2D eigenvalue weighted by Gasteiger charge is 2.11. The van der Waals surface area contributed by atoms with Crippen LogP contribution in [0.4, 0.5) is 10.1 Å². The lowest BCUT2D eigenvalue weighted by Gasteiger charge is -2.15. The average molecular weight is 404 g/mol. The van der Waals surface area contributed by atoms with E-state index in [-0.39, 0.29) is 23.7 Å². The Kier molecular flexibility index (Phi) is 7.33. The molecule has 0 bridgehead atoms. The maximum atomic E-state index is 13.0. The predicted molar refractivity (Wildman–Crippen MR) is 117 cm³/mol. The van der Waals surface area contributed by atoms with Crippen molar-refractivity contribution in [1.82, 2.24) is 5.32 Å². The molecule has 154 valence electrons. The molecule has 0 saturated heterocycles. The summed E-state index contributed by atoms with van der Waals surface area (Å²) in [5, 5.41) is 5.79. The van der Waals surface area contributed by atoms with Gasteiger partial charge in [0, 0.05) is 17.7 Å². The van der Waals surface area contributed by atoms with Crippen LogP contribution in [0.5, 0.6) is 0 Å². The summed E-state index contributed by atoms with van der Waals surface area (Å²) < 4.78 is 13.0. The molecule has 30 heavy (non-hydrogen) atoms. The van der Waals surface area contributed by atoms with Gasteiger partial charge in [-0.05, 0) is 67.3 Å². The molecule has 1 atom stereocenters. The first-order valence-corrected chi connectivity index (χ1v) is 10.0. The molecule has 2 N–H and O–H groups in total. The van der Waals surface area contributed by atoms with Crippen molar-refractivity contribution in [3.63, 3.8) is 0 Å². The van der Waals surface area contributed by atoms with E-state index in [1.807, 2.05) is 37.3 Å². The van der Waals surface area contributed by atoms with E-state index in [4.69, 9.17) is 0 Å². The Morgan fingerprint density at radius 1 is 0.900 bits per heavy atom. The molecule has 4 nitrogen and oxygen atoms in total. The van der Waals surface area contributed by atoms with E-state index in [9.17, 15) is 14.0 Å². The second-order valence-corrected chi connectivity index (χ2v) is 7.21. The van der Waals surface area contributed by atoms with E-state index in [0.717, 1.165) is 18.4 Å². The van der Waals surface area contributed by atoms with E-state index in [0.29, 0.717) is 17.7 Å². The van der Waals surface area contributed by atoms with Gasteiger partial charge in [-0.2, -0.15) is 0 Å². The summed E-state index contributed by atoms with van der Waals surface area (Å²) in [5.41, 5.74) is 3.20. The van der Waals surface area contributed by atoms with Gasteiger partial charge in [-0.1, -0.05) is 42.5 Å². The van der Waals surface area contributed by atoms with Gasteiger partial charge < -0.3 is 10.6 Å². The fourth-order valence-electron chi connectivity index (χ4n) is 3.15. The highest BCUT2D eigenvalue weighted by atomic mass is 19.1. The molecule has 5 heteroatoms. The summed E-state index contributed by atoms with van der Waals surface area (Å²) in [6, 6.07) is 22.7. The standard InChI is InChI=1S/C25H25FN2O2/c1-18(27-24(29)9-5-8-19-6-3-2-4-7-19)20-12-16-23(17-13-20)28-25(30)21-10-14-22(26)15-11-21/h2-4,6-7,10-18H,5,8-9H2,1H3,(H,27,29)(H,28,30). The quantitative estimate of drug-likeness (QED) is 0.537. The van der Waals surface area contributed by atoms with Gasteiger partial charge in [0.15, 0.2) is 0 Å². The number of carbonyl (C=O) groups excluding carboxylic acids is 2. The highest BCUT2D eigenvalue weighted by molar-refractivity contribution is 6.04. The van der Waals surface area contributed by atoms with Crippen molar-refractivity contribution in [3.8, 4) is 0 Å². The Morgan fingerprint density at radius 3 is 2.23 bits per heavy atom. The van der Waals surface area contributed by atoms with E-state index in [1.54, 1.807) is 12.1 Å². The molecule has 3 aromatic carbocycles. The zero-order valence-corrected chi connectivity index (χ0v) is 16.9. The van der Waals surface area contributed by atoms with Crippen LogP contribution in [-0.2, 0) is 11.2 Å². The first-order valence-electron chi connectivity index (χ1n) is 10.0. The summed E-state index contributed by atoms with van der Waals surface area (Å²) in [5.74, 6) is -0.665. The molecule has 3 aromatic rings. The third-order valence-electron chi connectivity index (χ3n) is 4.86. The van der Waals surface area contributed by atoms with Gasteiger partial charge >= 0.3 is 0 Å². The third-order valence-corrected chi connectivity index (χ3v) is 4.86. The highest BCUT2D eigenvalue weighted by Crippen LogP contribution is 2.17. The summed E-state index contributed by atoms with van der Waals surface area (Å²) in [6.45, 7) is 1.93. The molecule has 0 saturated carbocycles. The van der Waals surface area contributed by atoms with Crippen LogP contribution in [0.15, 0.2) is 78.9 Å². The van der Waals surface area contributed by atoms with E-state index in [2.05, 4.69) is 22.8 Å². The van der Waals surface area contributed by atoms with Crippen molar-refractivity contribution in [1.29, 1.82) is 0 Å². The molecule has 0 radical (unpaired) electrons. The molecule has 2 amide bonds. The first-order chi connectivity index (χ1) is 14.5. The number of amides is 2. The summed E-state index contributed by atoms with van der Waals surface area (Å²) in [6.07, 6.45) is 2.16. The molecule has 0 aromatic heterocycles. The molecule has 1 unspecified atom stereocenters. The summed E-state index contributed by atoms with van der Waals surface area (Å²) >= 11 is 0. The largest absolute Gasteiger partial charge is 0.350 e. The maximum Gasteiger partial charge on any atom is 0.255 e. The molecule has 0 aliphatic heterocycles. The minimum absolute atomic E-state index is 0.0205. The lowest BCUT2D eigenvalue weighted by molar-refractivity contribution is -0.121. The molecular formula is C25H25FN2O2. The second kappa shape index (κ2) is 10.3. The molecule has 0 aliphatic rings. The topological polar surface area (TPSA) is 58.2 Å². The lowest BCUT2D eigenvalue weighted by Crippen LogP contribution is -2.26. The summed E-state index contributed by atoms with van der Waals surface area (Å²) in [4.78, 5) is 24.4. The smallest absolute Gasteiger partial charge is 0.255 e. The number of hydrogen-bond acceptors (Lipinski definition) is 2. The second-order valence-electron chi connectivity index (χ2n) is 7.21. The molecule has 0 heterocycles. The zero-order valence-electron chi connectivity index (χ0n) is 16.9. The third kappa shape index (κ3) is 6.27. The fraction of sp³-hybridized carbons (Fsp3) is 0.200. The van der Waals surface area contributed by atoms with Gasteiger partial charge in [-0.15, -0.1) is 0 Å². The van der Waals surface area contributed by atoms with Crippen molar-refractivity contribution in [3.05, 3.63) is 101 Å². The monoisotopic (exact) mass is 404 g/mol. The molecular weight excluding hydrogens is 379 g/mol. The minimum atomic E-state index is -0.382. The number of halogens is 1. The van der Waals surface area contributed by atoms with Crippen LogP contribution in [0.3, 0.4) is 0 Å². The molecule has 0 fully saturated rings. The van der Waals surface area contributed by atoms with Crippen molar-refractivity contribution < 1.29 is 14.0 Å². The van der Waals surface area contributed by atoms with Gasteiger partial charge in [0.1, 0.15) is 5.82 Å². The van der Waals surface area contributed by atoms with Gasteiger partial charge in [-0.3, -0.25) is 9.59 Å². The van der Waals surface area contributed by atoms with Crippen LogP contribution in [-0.4, -0.2) is 11.8 Å². The number of anilines is 1. The number of hydrogen-bond donors (Lipinski definition) is 2. The van der Waals surface area contributed by atoms with Gasteiger partial charge in [-0.25, -0.2) is 4.39 Å². The molecule has 0 aliphatic carbocycles. The SMILES string of the molecule is CC(NC(=O)CCCc1ccccc1)c1ccc(NC(=O)c2ccc(F)cc2)cc1. The van der Waals surface area contributed by atoms with Crippen molar-refractivity contribution in [2.24, 2.45) is 0 Å². The number of nitrogens with one attached hydrogen (secondary N) is 2. The number of benzene rings is 3. The van der Waals surface area contributed by atoms with Crippen molar-refractivity contribution in [2.75, 3.05) is 5.32 Å². The fourth-order valence-corrected chi connectivity index (χ4v) is 3.15. The Balaban J connectivity index is 1.47. The van der Waals surface area contributed by atoms with Crippen molar-refractivity contribution in [2.45, 2.75) is 32.2 Å². The number of rotatable bonds is 8. The van der Waals surface area contributed by atoms with Gasteiger partial charge in [0.05, 0.1) is 6.04 Å². The van der Waals surface area contributed by atoms with E-state index in [1.165, 1.54) is 29.8 Å². The Morgan fingerprint density at radius 2 is 1.57 bits per heavy atom. The predicted octanol–water partition coefficient (Wildman–Crippen LogP) is 5.28. The zero-order chi connectivity index (χ0) is 21.3. The minimum Gasteiger partial charge on any atom is -0.350 e. The Labute approximate surface area is 176 Å². The van der Waals surface area contributed by atoms with Crippen LogP contribution >= 0.6 is 0 Å². The van der Waals surface area contributed by atoms with Crippen LogP contribution in [0.1, 0.15) is 47.3 Å². The lowest BCUT2D eigenvalue weighted by atomic mass is 10.1. The average Bonchev–Trinajstić information content (AvgIpc) is 2.75. The normalized spacial score (nSPS) is 11.5. The van der Waals surface area contributed by atoms with E-state index < -0.39 is 0 Å². The Bertz CT molecular complexity index is 970. The van der Waals surface area contributed by atoms with Crippen LogP contribution in [0, 0.1) is 5.82 Å². The summed E-state index contributed by atoms with van der Waals surface area (Å²) in [7, 11) is 0. The van der Waals surface area contributed by atoms with Crippen LogP contribution < -0.4 is 10.6 Å². The number of carbonyl (C=O) groups is 2. The van der Waals surface area contributed by atoms with E-state index >= 15 is 0 Å². The van der Waals surface area contributed by atoms with Gasteiger partial charge in [0.2, 0.25) is 5.91 Å². The van der Waals surface area contributed by atoms with Crippen LogP contribution in [0.25, 0.3) is 0 Å². The van der Waals surface area contributed by atoms with Gasteiger partial charge in [0.25, 0.3) is 5.91 Å². The maximum absolute atomic E-state index is 13.0. The Hall–Kier alpha value is -3.47. The van der Waals surface area contributed by atoms with Crippen molar-refractivity contribution >= 4 is 17.5 Å². The van der Waals surface area contributed by atoms with Crippen LogP contribution in [0.2, 0.25) is 0 Å². The molecule has 0 spiro atoms.